The molecule has 1 aromatic heterocycles. The lowest BCUT2D eigenvalue weighted by molar-refractivity contribution is 0.453. The Morgan fingerprint density at radius 2 is 1.79 bits per heavy atom. The van der Waals surface area contributed by atoms with E-state index in [1.165, 1.54) is 12.1 Å². The summed E-state index contributed by atoms with van der Waals surface area (Å²) in [7, 11) is 1.82. The Morgan fingerprint density at radius 1 is 1.11 bits per heavy atom. The van der Waals surface area contributed by atoms with Gasteiger partial charge in [-0.25, -0.2) is 4.98 Å². The number of imidazole rings is 1. The molecule has 0 unspecified atom stereocenters. The monoisotopic (exact) mass is 274 g/mol. The van der Waals surface area contributed by atoms with Crippen LogP contribution in [0, 0.1) is 0 Å². The number of rotatable bonds is 1. The first-order chi connectivity index (χ1) is 9.08. The van der Waals surface area contributed by atoms with Gasteiger partial charge in [-0.1, -0.05) is 17.7 Å². The molecule has 96 valence electrons. The number of aromatic hydroxyl groups is 2. The SMILES string of the molecule is Cn1c(-c2c(O)cccc2O)nc2cc(Cl)ccc21. The van der Waals surface area contributed by atoms with Gasteiger partial charge in [-0.05, 0) is 30.3 Å². The van der Waals surface area contributed by atoms with Gasteiger partial charge in [0.15, 0.2) is 0 Å². The molecule has 0 aliphatic heterocycles. The minimum Gasteiger partial charge on any atom is -0.507 e. The van der Waals surface area contributed by atoms with E-state index in [1.54, 1.807) is 22.8 Å². The van der Waals surface area contributed by atoms with E-state index in [0.717, 1.165) is 5.52 Å². The van der Waals surface area contributed by atoms with Crippen molar-refractivity contribution in [1.82, 2.24) is 9.55 Å². The van der Waals surface area contributed by atoms with Gasteiger partial charge >= 0.3 is 0 Å². The molecular formula is C14H11ClN2O2. The first kappa shape index (κ1) is 11.9. The number of phenolic OH excluding ortho intramolecular Hbond substituents is 2. The Morgan fingerprint density at radius 3 is 2.47 bits per heavy atom. The minimum atomic E-state index is -0.00972. The summed E-state index contributed by atoms with van der Waals surface area (Å²) in [4.78, 5) is 4.42. The topological polar surface area (TPSA) is 58.3 Å². The van der Waals surface area contributed by atoms with Crippen LogP contribution in [0.5, 0.6) is 11.5 Å². The second-order valence-corrected chi connectivity index (χ2v) is 4.74. The van der Waals surface area contributed by atoms with E-state index in [2.05, 4.69) is 4.98 Å². The molecule has 0 saturated carbocycles. The van der Waals surface area contributed by atoms with Gasteiger partial charge in [-0.3, -0.25) is 0 Å². The van der Waals surface area contributed by atoms with Gasteiger partial charge in [0, 0.05) is 12.1 Å². The number of halogens is 1. The Labute approximate surface area is 114 Å². The molecule has 4 nitrogen and oxygen atoms in total. The van der Waals surface area contributed by atoms with Crippen molar-refractivity contribution in [3.63, 3.8) is 0 Å². The fourth-order valence-corrected chi connectivity index (χ4v) is 2.32. The van der Waals surface area contributed by atoms with Crippen LogP contribution < -0.4 is 0 Å². The average molecular weight is 275 g/mol. The van der Waals surface area contributed by atoms with E-state index in [9.17, 15) is 10.2 Å². The second-order valence-electron chi connectivity index (χ2n) is 4.30. The van der Waals surface area contributed by atoms with Crippen LogP contribution in [0.25, 0.3) is 22.4 Å². The molecule has 0 aliphatic carbocycles. The molecule has 0 atom stereocenters. The van der Waals surface area contributed by atoms with Crippen molar-refractivity contribution >= 4 is 22.6 Å². The molecule has 2 aromatic carbocycles. The van der Waals surface area contributed by atoms with Gasteiger partial charge in [0.25, 0.3) is 0 Å². The van der Waals surface area contributed by atoms with Crippen molar-refractivity contribution in [2.45, 2.75) is 0 Å². The van der Waals surface area contributed by atoms with Gasteiger partial charge in [0.2, 0.25) is 0 Å². The highest BCUT2D eigenvalue weighted by Gasteiger charge is 2.16. The smallest absolute Gasteiger partial charge is 0.148 e. The molecule has 0 fully saturated rings. The third-order valence-electron chi connectivity index (χ3n) is 3.09. The predicted molar refractivity (Wildman–Crippen MR) is 74.5 cm³/mol. The van der Waals surface area contributed by atoms with Crippen LogP contribution in [0.1, 0.15) is 0 Å². The Bertz CT molecular complexity index is 760. The van der Waals surface area contributed by atoms with Crippen molar-refractivity contribution in [1.29, 1.82) is 0 Å². The lowest BCUT2D eigenvalue weighted by Gasteiger charge is -2.06. The number of benzene rings is 2. The van der Waals surface area contributed by atoms with E-state index in [4.69, 9.17) is 11.6 Å². The summed E-state index contributed by atoms with van der Waals surface area (Å²) in [6.45, 7) is 0. The molecule has 3 aromatic rings. The molecule has 0 radical (unpaired) electrons. The largest absolute Gasteiger partial charge is 0.507 e. The van der Waals surface area contributed by atoms with Crippen LogP contribution >= 0.6 is 11.6 Å². The summed E-state index contributed by atoms with van der Waals surface area (Å²) < 4.78 is 1.81. The lowest BCUT2D eigenvalue weighted by atomic mass is 10.1. The number of hydrogen-bond acceptors (Lipinski definition) is 3. The molecule has 19 heavy (non-hydrogen) atoms. The summed E-state index contributed by atoms with van der Waals surface area (Å²) >= 11 is 5.94. The molecule has 2 N–H and O–H groups in total. The number of phenols is 2. The number of nitrogens with zero attached hydrogens (tertiary/aromatic N) is 2. The van der Waals surface area contributed by atoms with E-state index in [0.29, 0.717) is 21.9 Å². The molecule has 1 heterocycles. The highest BCUT2D eigenvalue weighted by atomic mass is 35.5. The molecule has 0 bridgehead atoms. The summed E-state index contributed by atoms with van der Waals surface area (Å²) in [5, 5.41) is 20.4. The van der Waals surface area contributed by atoms with Gasteiger partial charge < -0.3 is 14.8 Å². The van der Waals surface area contributed by atoms with Gasteiger partial charge in [0.05, 0.1) is 11.0 Å². The molecule has 3 rings (SSSR count). The fourth-order valence-electron chi connectivity index (χ4n) is 2.15. The first-order valence-electron chi connectivity index (χ1n) is 5.71. The maximum absolute atomic E-state index is 9.91. The highest BCUT2D eigenvalue weighted by molar-refractivity contribution is 6.31. The van der Waals surface area contributed by atoms with Crippen molar-refractivity contribution in [3.05, 3.63) is 41.4 Å². The van der Waals surface area contributed by atoms with Crippen LogP contribution in [-0.2, 0) is 7.05 Å². The van der Waals surface area contributed by atoms with E-state index >= 15 is 0 Å². The van der Waals surface area contributed by atoms with Crippen molar-refractivity contribution < 1.29 is 10.2 Å². The Hall–Kier alpha value is -2.20. The molecular weight excluding hydrogens is 264 g/mol. The average Bonchev–Trinajstić information content (AvgIpc) is 2.66. The Balaban J connectivity index is 2.34. The number of hydrogen-bond donors (Lipinski definition) is 2. The maximum Gasteiger partial charge on any atom is 0.148 e. The molecule has 5 heteroatoms. The zero-order chi connectivity index (χ0) is 13.6. The van der Waals surface area contributed by atoms with Gasteiger partial charge in [0.1, 0.15) is 22.9 Å². The third kappa shape index (κ3) is 1.81. The van der Waals surface area contributed by atoms with Crippen molar-refractivity contribution in [2.75, 3.05) is 0 Å². The number of aryl methyl sites for hydroxylation is 1. The lowest BCUT2D eigenvalue weighted by Crippen LogP contribution is -1.93. The van der Waals surface area contributed by atoms with Crippen molar-refractivity contribution in [2.24, 2.45) is 7.05 Å². The molecule has 0 amide bonds. The highest BCUT2D eigenvalue weighted by Crippen LogP contribution is 2.37. The van der Waals surface area contributed by atoms with E-state index in [-0.39, 0.29) is 11.5 Å². The molecule has 0 saturated heterocycles. The second kappa shape index (κ2) is 4.17. The van der Waals surface area contributed by atoms with Crippen LogP contribution in [0.3, 0.4) is 0 Å². The number of aromatic nitrogens is 2. The van der Waals surface area contributed by atoms with Crippen LogP contribution in [0.4, 0.5) is 0 Å². The van der Waals surface area contributed by atoms with Crippen LogP contribution in [0.2, 0.25) is 5.02 Å². The molecule has 0 aliphatic rings. The summed E-state index contributed by atoms with van der Waals surface area (Å²) in [6.07, 6.45) is 0. The summed E-state index contributed by atoms with van der Waals surface area (Å²) in [5.74, 6) is 0.474. The third-order valence-corrected chi connectivity index (χ3v) is 3.32. The number of fused-ring (bicyclic) bond motifs is 1. The fraction of sp³-hybridized carbons (Fsp3) is 0.0714. The van der Waals surface area contributed by atoms with E-state index in [1.807, 2.05) is 13.1 Å². The summed E-state index contributed by atoms with van der Waals surface area (Å²) in [5.41, 5.74) is 1.91. The zero-order valence-corrected chi connectivity index (χ0v) is 10.9. The van der Waals surface area contributed by atoms with Crippen LogP contribution in [-0.4, -0.2) is 19.8 Å². The quantitative estimate of drug-likeness (QED) is 0.716. The summed E-state index contributed by atoms with van der Waals surface area (Å²) in [6, 6.07) is 9.99. The minimum absolute atomic E-state index is 0.00972. The first-order valence-corrected chi connectivity index (χ1v) is 6.09. The van der Waals surface area contributed by atoms with Gasteiger partial charge in [-0.2, -0.15) is 0 Å². The molecule has 0 spiro atoms. The Kier molecular flexibility index (Phi) is 2.61. The van der Waals surface area contributed by atoms with E-state index < -0.39 is 0 Å². The zero-order valence-electron chi connectivity index (χ0n) is 10.1. The maximum atomic E-state index is 9.91. The van der Waals surface area contributed by atoms with Gasteiger partial charge in [-0.15, -0.1) is 0 Å². The van der Waals surface area contributed by atoms with Crippen LogP contribution in [0.15, 0.2) is 36.4 Å². The standard InChI is InChI=1S/C14H11ClN2O2/c1-17-10-6-5-8(15)7-9(10)16-14(17)13-11(18)3-2-4-12(13)19/h2-7,18-19H,1H3. The normalized spacial score (nSPS) is 11.1. The van der Waals surface area contributed by atoms with Crippen molar-refractivity contribution in [3.8, 4) is 22.9 Å². The predicted octanol–water partition coefficient (Wildman–Crippen LogP) is 3.30.